The van der Waals surface area contributed by atoms with Gasteiger partial charge in [-0.15, -0.1) is 0 Å². The van der Waals surface area contributed by atoms with Gasteiger partial charge >= 0.3 is 0 Å². The predicted molar refractivity (Wildman–Crippen MR) is 172 cm³/mol. The van der Waals surface area contributed by atoms with Crippen molar-refractivity contribution in [2.24, 2.45) is 5.92 Å². The van der Waals surface area contributed by atoms with Crippen LogP contribution in [-0.4, -0.2) is 26.5 Å². The van der Waals surface area contributed by atoms with Crippen LogP contribution in [0.15, 0.2) is 81.6 Å². The maximum absolute atomic E-state index is 11.6. The van der Waals surface area contributed by atoms with E-state index in [1.54, 1.807) is 36.4 Å². The molecule has 232 valence electrons. The molecule has 5 heterocycles. The number of aromatic hydroxyl groups is 3. The molecule has 6 aromatic rings. The van der Waals surface area contributed by atoms with Crippen LogP contribution in [0.1, 0.15) is 57.3 Å². The number of ether oxygens (including phenoxy) is 3. The van der Waals surface area contributed by atoms with Crippen LogP contribution in [0.5, 0.6) is 34.5 Å². The van der Waals surface area contributed by atoms with Crippen LogP contribution in [-0.2, 0) is 0 Å². The molecular weight excluding hydrogens is 584 g/mol. The Balaban J connectivity index is 1.19. The first kappa shape index (κ1) is 27.1. The van der Waals surface area contributed by atoms with Crippen molar-refractivity contribution >= 4 is 21.9 Å². The molecule has 3 aliphatic rings. The molecule has 3 atom stereocenters. The Hall–Kier alpha value is -5.24. The number of hydrogen-bond donors (Lipinski definition) is 3. The first-order valence-electron chi connectivity index (χ1n) is 15.5. The van der Waals surface area contributed by atoms with Crippen LogP contribution < -0.4 is 14.2 Å². The average molecular weight is 617 g/mol. The summed E-state index contributed by atoms with van der Waals surface area (Å²) >= 11 is 0. The lowest BCUT2D eigenvalue weighted by atomic mass is 9.64. The highest BCUT2D eigenvalue weighted by atomic mass is 16.5. The zero-order chi connectivity index (χ0) is 31.7. The van der Waals surface area contributed by atoms with Crippen molar-refractivity contribution in [3.05, 3.63) is 83.9 Å². The van der Waals surface area contributed by atoms with Gasteiger partial charge in [0.25, 0.3) is 0 Å². The van der Waals surface area contributed by atoms with Gasteiger partial charge in [0.05, 0.1) is 5.56 Å². The maximum Gasteiger partial charge on any atom is 0.138 e. The van der Waals surface area contributed by atoms with Gasteiger partial charge in [-0.1, -0.05) is 0 Å². The number of phenolic OH excluding ortho intramolecular Hbond substituents is 3. The SMILES string of the molecule is CC1(C)C[C@H]2c3c(cc(-c4cc5ccc(O)cc5o4)cc3O1)O[C@H]1c3c(O)cc(-c4cc5ccc(O)cc5o4)cc3OC(C)(C)[C@@H]21. The van der Waals surface area contributed by atoms with E-state index in [1.807, 2.05) is 36.4 Å². The fourth-order valence-electron chi connectivity index (χ4n) is 7.88. The van der Waals surface area contributed by atoms with Crippen molar-refractivity contribution in [3.63, 3.8) is 0 Å². The summed E-state index contributed by atoms with van der Waals surface area (Å²) in [6.45, 7) is 8.35. The normalized spacial score (nSPS) is 21.9. The van der Waals surface area contributed by atoms with Gasteiger partial charge in [0.2, 0.25) is 0 Å². The summed E-state index contributed by atoms with van der Waals surface area (Å²) in [7, 11) is 0. The summed E-state index contributed by atoms with van der Waals surface area (Å²) in [6.07, 6.45) is 0.246. The molecule has 8 nitrogen and oxygen atoms in total. The molecular formula is C38H32O8. The van der Waals surface area contributed by atoms with Crippen molar-refractivity contribution in [2.45, 2.75) is 57.3 Å². The minimum absolute atomic E-state index is 0.0273. The molecule has 4 aromatic carbocycles. The molecule has 0 bridgehead atoms. The Morgan fingerprint density at radius 2 is 1.20 bits per heavy atom. The average Bonchev–Trinajstić information content (AvgIpc) is 3.59. The molecule has 3 N–H and O–H groups in total. The molecule has 9 rings (SSSR count). The molecule has 0 spiro atoms. The minimum Gasteiger partial charge on any atom is -0.508 e. The smallest absolute Gasteiger partial charge is 0.138 e. The van der Waals surface area contributed by atoms with Crippen molar-refractivity contribution in [3.8, 4) is 57.1 Å². The molecule has 0 amide bonds. The van der Waals surface area contributed by atoms with Gasteiger partial charge in [-0.05, 0) is 94.8 Å². The first-order valence-corrected chi connectivity index (χ1v) is 15.5. The zero-order valence-electron chi connectivity index (χ0n) is 25.8. The zero-order valence-corrected chi connectivity index (χ0v) is 25.8. The second-order valence-corrected chi connectivity index (χ2v) is 13.9. The van der Waals surface area contributed by atoms with Crippen molar-refractivity contribution < 1.29 is 38.4 Å². The fourth-order valence-corrected chi connectivity index (χ4v) is 7.88. The highest BCUT2D eigenvalue weighted by Crippen LogP contribution is 2.63. The van der Waals surface area contributed by atoms with Gasteiger partial charge in [0.15, 0.2) is 0 Å². The number of benzene rings is 4. The monoisotopic (exact) mass is 616 g/mol. The summed E-state index contributed by atoms with van der Waals surface area (Å²) in [5.41, 5.74) is 3.07. The van der Waals surface area contributed by atoms with Crippen LogP contribution in [0.4, 0.5) is 0 Å². The van der Waals surface area contributed by atoms with E-state index in [-0.39, 0.29) is 29.1 Å². The van der Waals surface area contributed by atoms with E-state index in [2.05, 4.69) is 27.7 Å². The fraction of sp³-hybridized carbons (Fsp3) is 0.263. The number of rotatable bonds is 2. The molecule has 0 radical (unpaired) electrons. The molecule has 8 heteroatoms. The third-order valence-corrected chi connectivity index (χ3v) is 9.74. The van der Waals surface area contributed by atoms with E-state index in [0.29, 0.717) is 45.3 Å². The topological polar surface area (TPSA) is 115 Å². The second-order valence-electron chi connectivity index (χ2n) is 13.9. The quantitative estimate of drug-likeness (QED) is 0.176. The Bertz CT molecular complexity index is 2240. The van der Waals surface area contributed by atoms with Crippen molar-refractivity contribution in [1.82, 2.24) is 0 Å². The highest BCUT2D eigenvalue weighted by molar-refractivity contribution is 5.86. The molecule has 46 heavy (non-hydrogen) atoms. The number of fused-ring (bicyclic) bond motifs is 6. The number of furan rings is 2. The van der Waals surface area contributed by atoms with Crippen molar-refractivity contribution in [1.29, 1.82) is 0 Å². The van der Waals surface area contributed by atoms with E-state index < -0.39 is 17.3 Å². The summed E-state index contributed by atoms with van der Waals surface area (Å²) < 4.78 is 32.4. The van der Waals surface area contributed by atoms with E-state index in [4.69, 9.17) is 23.0 Å². The van der Waals surface area contributed by atoms with E-state index in [1.165, 1.54) is 0 Å². The molecule has 0 unspecified atom stereocenters. The maximum atomic E-state index is 11.6. The third kappa shape index (κ3) is 3.99. The molecule has 0 saturated heterocycles. The van der Waals surface area contributed by atoms with Gasteiger partial charge in [-0.25, -0.2) is 0 Å². The standard InChI is InChI=1S/C38H32O8/c1-37(2)17-24-33-30(12-21(14-31(33)45-37)27-11-19-6-8-23(40)16-29(19)43-27)44-36-34-25(41)9-20(13-32(34)46-38(3,4)35(24)36)26-10-18-5-7-22(39)15-28(18)42-26/h5-16,24,35-36,39-41H,17H2,1-4H3/t24-,35-,36-/m0/s1. The van der Waals surface area contributed by atoms with Gasteiger partial charge in [0, 0.05) is 51.4 Å². The summed E-state index contributed by atoms with van der Waals surface area (Å²) in [6, 6.07) is 21.4. The van der Waals surface area contributed by atoms with Crippen LogP contribution >= 0.6 is 0 Å². The lowest BCUT2D eigenvalue weighted by molar-refractivity contribution is -0.0852. The molecule has 0 saturated carbocycles. The Morgan fingerprint density at radius 1 is 0.630 bits per heavy atom. The summed E-state index contributed by atoms with van der Waals surface area (Å²) in [4.78, 5) is 0. The van der Waals surface area contributed by atoms with Crippen LogP contribution in [0.25, 0.3) is 44.6 Å². The van der Waals surface area contributed by atoms with Gasteiger partial charge in [-0.2, -0.15) is 0 Å². The van der Waals surface area contributed by atoms with E-state index >= 15 is 0 Å². The molecule has 2 aromatic heterocycles. The lowest BCUT2D eigenvalue weighted by Crippen LogP contribution is -2.53. The molecule has 0 aliphatic carbocycles. The largest absolute Gasteiger partial charge is 0.508 e. The first-order chi connectivity index (χ1) is 21.9. The van der Waals surface area contributed by atoms with Gasteiger partial charge < -0.3 is 38.4 Å². The second kappa shape index (κ2) is 8.94. The number of hydrogen-bond acceptors (Lipinski definition) is 8. The summed E-state index contributed by atoms with van der Waals surface area (Å²) in [5, 5.41) is 33.2. The van der Waals surface area contributed by atoms with Crippen LogP contribution in [0, 0.1) is 5.92 Å². The lowest BCUT2D eigenvalue weighted by Gasteiger charge is -2.54. The van der Waals surface area contributed by atoms with Gasteiger partial charge in [0.1, 0.15) is 74.5 Å². The predicted octanol–water partition coefficient (Wildman–Crippen LogP) is 9.20. The Kier molecular flexibility index (Phi) is 5.26. The third-order valence-electron chi connectivity index (χ3n) is 9.74. The number of phenols is 3. The summed E-state index contributed by atoms with van der Waals surface area (Å²) in [5.74, 6) is 3.37. The van der Waals surface area contributed by atoms with Crippen molar-refractivity contribution in [2.75, 3.05) is 0 Å². The molecule has 0 fully saturated rings. The van der Waals surface area contributed by atoms with Gasteiger partial charge in [-0.3, -0.25) is 0 Å². The minimum atomic E-state index is -0.658. The van der Waals surface area contributed by atoms with E-state index in [0.717, 1.165) is 34.1 Å². The Labute approximate surface area is 264 Å². The van der Waals surface area contributed by atoms with E-state index in [9.17, 15) is 15.3 Å². The Morgan fingerprint density at radius 3 is 1.83 bits per heavy atom. The highest BCUT2D eigenvalue weighted by Gasteiger charge is 2.56. The van der Waals surface area contributed by atoms with Crippen LogP contribution in [0.3, 0.4) is 0 Å². The molecule has 3 aliphatic heterocycles. The van der Waals surface area contributed by atoms with Crippen LogP contribution in [0.2, 0.25) is 0 Å².